The fraction of sp³-hybridized carbons (Fsp3) is 0.0526. The van der Waals surface area contributed by atoms with Gasteiger partial charge in [0.15, 0.2) is 0 Å². The number of benzene rings is 6. The van der Waals surface area contributed by atoms with Gasteiger partial charge in [0.05, 0.1) is 5.41 Å². The average molecular weight is 615 g/mol. The normalized spacial score (nSPS) is 16.0. The molecule has 45 heavy (non-hydrogen) atoms. The van der Waals surface area contributed by atoms with Crippen molar-refractivity contribution in [2.75, 3.05) is 0 Å². The number of fused-ring (bicyclic) bond motifs is 14. The SMILES string of the molecule is O=S(=O)(Oc1ccc2c(c1)c1ccccc1c1cc3c(cc21)=C1C(=CC=CC12c1ccccc1-c1ccccc12)C=3)C(F)(F)F. The zero-order valence-corrected chi connectivity index (χ0v) is 24.2. The van der Waals surface area contributed by atoms with Gasteiger partial charge in [-0.1, -0.05) is 91.0 Å². The molecule has 3 aliphatic carbocycles. The van der Waals surface area contributed by atoms with Crippen molar-refractivity contribution in [3.63, 3.8) is 0 Å². The lowest BCUT2D eigenvalue weighted by atomic mass is 9.67. The van der Waals surface area contributed by atoms with Crippen molar-refractivity contribution in [2.24, 2.45) is 0 Å². The average Bonchev–Trinajstić information content (AvgIpc) is 3.54. The van der Waals surface area contributed by atoms with Crippen LogP contribution in [0.1, 0.15) is 11.1 Å². The summed E-state index contributed by atoms with van der Waals surface area (Å²) in [6.45, 7) is 0. The molecule has 3 nitrogen and oxygen atoms in total. The third kappa shape index (κ3) is 3.44. The molecule has 6 aromatic carbocycles. The highest BCUT2D eigenvalue weighted by atomic mass is 32.2. The maximum absolute atomic E-state index is 13.1. The molecule has 9 rings (SSSR count). The number of halogens is 3. The van der Waals surface area contributed by atoms with Crippen molar-refractivity contribution in [3.8, 4) is 16.9 Å². The van der Waals surface area contributed by atoms with Crippen LogP contribution in [-0.4, -0.2) is 13.9 Å². The Balaban J connectivity index is 1.38. The molecule has 0 saturated heterocycles. The van der Waals surface area contributed by atoms with Crippen LogP contribution in [-0.2, 0) is 15.5 Å². The lowest BCUT2D eigenvalue weighted by molar-refractivity contribution is -0.0500. The summed E-state index contributed by atoms with van der Waals surface area (Å²) in [4.78, 5) is 0. The molecule has 0 aliphatic heterocycles. The number of allylic oxidation sites excluding steroid dienone is 4. The molecule has 0 amide bonds. The van der Waals surface area contributed by atoms with Gasteiger partial charge in [-0.05, 0) is 113 Å². The smallest absolute Gasteiger partial charge is 0.376 e. The van der Waals surface area contributed by atoms with Gasteiger partial charge >= 0.3 is 15.6 Å². The first-order valence-corrected chi connectivity index (χ1v) is 15.8. The van der Waals surface area contributed by atoms with Crippen molar-refractivity contribution < 1.29 is 25.8 Å². The van der Waals surface area contributed by atoms with E-state index in [1.165, 1.54) is 40.0 Å². The van der Waals surface area contributed by atoms with Crippen molar-refractivity contribution in [2.45, 2.75) is 10.9 Å². The summed E-state index contributed by atoms with van der Waals surface area (Å²) < 4.78 is 67.6. The second-order valence-corrected chi connectivity index (χ2v) is 13.2. The Kier molecular flexibility index (Phi) is 5.10. The lowest BCUT2D eigenvalue weighted by Gasteiger charge is -2.34. The van der Waals surface area contributed by atoms with Crippen LogP contribution in [0.4, 0.5) is 13.2 Å². The standard InChI is InChI=1S/C38H21F3O3S/c39-38(40,41)45(42,43)44-24-15-16-27-32(20-24)26-10-2-1-9-25(26)31-19-23-18-22-8-7-17-37(36(22)30(23)21-33(27)31)34-13-5-3-11-28(34)29-12-4-6-14-35(29)37/h1-21H. The topological polar surface area (TPSA) is 43.4 Å². The molecule has 0 atom stereocenters. The van der Waals surface area contributed by atoms with E-state index in [0.29, 0.717) is 5.39 Å². The van der Waals surface area contributed by atoms with Crippen molar-refractivity contribution in [1.29, 1.82) is 0 Å². The van der Waals surface area contributed by atoms with E-state index in [2.05, 4.69) is 89.2 Å². The zero-order chi connectivity index (χ0) is 30.7. The van der Waals surface area contributed by atoms with Gasteiger partial charge < -0.3 is 4.18 Å². The van der Waals surface area contributed by atoms with E-state index in [-0.39, 0.29) is 0 Å². The molecular weight excluding hydrogens is 593 g/mol. The molecule has 0 heterocycles. The van der Waals surface area contributed by atoms with Gasteiger partial charge in [0.2, 0.25) is 0 Å². The highest BCUT2D eigenvalue weighted by Gasteiger charge is 2.49. The highest BCUT2D eigenvalue weighted by Crippen LogP contribution is 2.57. The van der Waals surface area contributed by atoms with Crippen LogP contribution in [0.2, 0.25) is 0 Å². The van der Waals surface area contributed by atoms with E-state index >= 15 is 0 Å². The molecule has 0 unspecified atom stereocenters. The third-order valence-corrected chi connectivity index (χ3v) is 10.3. The molecule has 0 N–H and O–H groups in total. The molecule has 7 heteroatoms. The van der Waals surface area contributed by atoms with Gasteiger partial charge in [0, 0.05) is 0 Å². The maximum Gasteiger partial charge on any atom is 0.534 e. The van der Waals surface area contributed by atoms with Gasteiger partial charge in [0.25, 0.3) is 0 Å². The summed E-state index contributed by atoms with van der Waals surface area (Å²) in [5.41, 5.74) is 1.16. The van der Waals surface area contributed by atoms with Crippen LogP contribution in [0.15, 0.2) is 127 Å². The number of hydrogen-bond donors (Lipinski definition) is 0. The molecule has 0 fully saturated rings. The maximum atomic E-state index is 13.1. The van der Waals surface area contributed by atoms with Crippen LogP contribution < -0.4 is 14.6 Å². The minimum absolute atomic E-state index is 0.394. The molecule has 6 aromatic rings. The van der Waals surface area contributed by atoms with Gasteiger partial charge in [-0.3, -0.25) is 0 Å². The minimum Gasteiger partial charge on any atom is -0.376 e. The molecule has 0 saturated carbocycles. The van der Waals surface area contributed by atoms with Crippen LogP contribution in [0.25, 0.3) is 55.1 Å². The Bertz CT molecular complexity index is 2580. The van der Waals surface area contributed by atoms with E-state index in [4.69, 9.17) is 0 Å². The molecular formula is C38H21F3O3S. The van der Waals surface area contributed by atoms with Crippen LogP contribution in [0.5, 0.6) is 5.75 Å². The summed E-state index contributed by atoms with van der Waals surface area (Å²) in [7, 11) is -5.82. The summed E-state index contributed by atoms with van der Waals surface area (Å²) in [5.74, 6) is -0.394. The predicted octanol–water partition coefficient (Wildman–Crippen LogP) is 7.78. The fourth-order valence-electron chi connectivity index (χ4n) is 7.62. The number of rotatable bonds is 2. The number of alkyl halides is 3. The predicted molar refractivity (Wildman–Crippen MR) is 172 cm³/mol. The van der Waals surface area contributed by atoms with Gasteiger partial charge in [-0.25, -0.2) is 0 Å². The van der Waals surface area contributed by atoms with E-state index in [0.717, 1.165) is 42.9 Å². The fourth-order valence-corrected chi connectivity index (χ4v) is 8.07. The van der Waals surface area contributed by atoms with Gasteiger partial charge in [0.1, 0.15) is 5.75 Å². The summed E-state index contributed by atoms with van der Waals surface area (Å²) >= 11 is 0. The summed E-state index contributed by atoms with van der Waals surface area (Å²) in [6, 6.07) is 33.4. The van der Waals surface area contributed by atoms with Crippen LogP contribution in [0, 0.1) is 0 Å². The highest BCUT2D eigenvalue weighted by molar-refractivity contribution is 7.88. The molecule has 218 valence electrons. The van der Waals surface area contributed by atoms with E-state index in [1.807, 2.05) is 24.3 Å². The number of hydrogen-bond acceptors (Lipinski definition) is 3. The van der Waals surface area contributed by atoms with Crippen molar-refractivity contribution in [1.82, 2.24) is 0 Å². The van der Waals surface area contributed by atoms with Gasteiger partial charge in [-0.15, -0.1) is 0 Å². The quantitative estimate of drug-likeness (QED) is 0.114. The van der Waals surface area contributed by atoms with Crippen molar-refractivity contribution >= 4 is 54.1 Å². The Hall–Kier alpha value is -5.14. The molecule has 0 radical (unpaired) electrons. The third-order valence-electron chi connectivity index (χ3n) is 9.35. The second-order valence-electron chi connectivity index (χ2n) is 11.6. The molecule has 0 aromatic heterocycles. The molecule has 1 spiro atoms. The van der Waals surface area contributed by atoms with Crippen LogP contribution >= 0.6 is 0 Å². The first-order valence-electron chi connectivity index (χ1n) is 14.4. The monoisotopic (exact) mass is 614 g/mol. The summed E-state index contributed by atoms with van der Waals surface area (Å²) in [5, 5.41) is 7.17. The first-order chi connectivity index (χ1) is 21.7. The first kappa shape index (κ1) is 26.3. The Morgan fingerprint density at radius 2 is 1.22 bits per heavy atom. The van der Waals surface area contributed by atoms with Gasteiger partial charge in [-0.2, -0.15) is 21.6 Å². The Labute approximate surface area is 255 Å². The second kappa shape index (κ2) is 8.73. The lowest BCUT2D eigenvalue weighted by Crippen LogP contribution is -2.33. The molecule has 3 aliphatic rings. The van der Waals surface area contributed by atoms with Crippen molar-refractivity contribution in [3.05, 3.63) is 148 Å². The Morgan fingerprint density at radius 3 is 1.89 bits per heavy atom. The van der Waals surface area contributed by atoms with E-state index < -0.39 is 26.8 Å². The van der Waals surface area contributed by atoms with E-state index in [9.17, 15) is 21.6 Å². The Morgan fingerprint density at radius 1 is 0.644 bits per heavy atom. The largest absolute Gasteiger partial charge is 0.534 e. The minimum atomic E-state index is -5.82. The van der Waals surface area contributed by atoms with E-state index in [1.54, 1.807) is 6.07 Å². The van der Waals surface area contributed by atoms with Crippen LogP contribution in [0.3, 0.4) is 0 Å². The zero-order valence-electron chi connectivity index (χ0n) is 23.4. The molecule has 0 bridgehead atoms. The summed E-state index contributed by atoms with van der Waals surface area (Å²) in [6.07, 6.45) is 8.81.